The molecule has 7 heteroatoms. The zero-order chi connectivity index (χ0) is 19.9. The number of hydrogen-bond donors (Lipinski definition) is 0. The van der Waals surface area contributed by atoms with Crippen LogP contribution >= 0.6 is 0 Å². The van der Waals surface area contributed by atoms with Crippen molar-refractivity contribution in [1.82, 2.24) is 0 Å². The summed E-state index contributed by atoms with van der Waals surface area (Å²) in [6.45, 7) is 20.0. The maximum Gasteiger partial charge on any atom is 0.212 e. The molecule has 0 heterocycles. The molecular weight excluding hydrogens is 320 g/mol. The summed E-state index contributed by atoms with van der Waals surface area (Å²) in [6.07, 6.45) is 0.243. The van der Waals surface area contributed by atoms with Gasteiger partial charge in [-0.25, -0.2) is 9.78 Å². The molecule has 0 amide bonds. The van der Waals surface area contributed by atoms with E-state index in [1.165, 1.54) is 0 Å². The molecule has 0 fully saturated rings. The summed E-state index contributed by atoms with van der Waals surface area (Å²) in [7, 11) is 1.66. The quantitative estimate of drug-likeness (QED) is 0.316. The van der Waals surface area contributed by atoms with Crippen LogP contribution in [0.2, 0.25) is 0 Å². The Morgan fingerprint density at radius 3 is 1.76 bits per heavy atom. The topological polar surface area (TPSA) is 77.1 Å². The first kappa shape index (κ1) is 24.1. The molecule has 0 aliphatic carbocycles. The van der Waals surface area contributed by atoms with Gasteiger partial charge in [-0.05, 0) is 69.2 Å². The van der Waals surface area contributed by atoms with Crippen LogP contribution in [0.5, 0.6) is 0 Å². The van der Waals surface area contributed by atoms with Gasteiger partial charge in [-0.15, -0.1) is 0 Å². The molecule has 0 bridgehead atoms. The second-order valence-corrected chi connectivity index (χ2v) is 9.27. The lowest BCUT2D eigenvalue weighted by Crippen LogP contribution is -2.39. The first-order valence-electron chi connectivity index (χ1n) is 8.80. The lowest BCUT2D eigenvalue weighted by Gasteiger charge is -2.33. The van der Waals surface area contributed by atoms with Gasteiger partial charge in [0.05, 0.1) is 23.2 Å². The van der Waals surface area contributed by atoms with Gasteiger partial charge in [0.25, 0.3) is 0 Å². The van der Waals surface area contributed by atoms with Crippen LogP contribution in [-0.4, -0.2) is 42.2 Å². The van der Waals surface area contributed by atoms with Crippen LogP contribution in [0, 0.1) is 0 Å². The third-order valence-electron chi connectivity index (χ3n) is 2.97. The molecule has 148 valence electrons. The molecule has 0 aliphatic heterocycles. The van der Waals surface area contributed by atoms with Gasteiger partial charge in [0.15, 0.2) is 0 Å². The third-order valence-corrected chi connectivity index (χ3v) is 2.97. The summed E-state index contributed by atoms with van der Waals surface area (Å²) in [6, 6.07) is 0. The third kappa shape index (κ3) is 13.0. The van der Waals surface area contributed by atoms with E-state index in [4.69, 9.17) is 14.5 Å². The van der Waals surface area contributed by atoms with Crippen molar-refractivity contribution in [3.8, 4) is 0 Å². The Morgan fingerprint density at radius 1 is 0.800 bits per heavy atom. The zero-order valence-electron chi connectivity index (χ0n) is 18.0. The van der Waals surface area contributed by atoms with Gasteiger partial charge >= 0.3 is 0 Å². The van der Waals surface area contributed by atoms with Gasteiger partial charge in [-0.1, -0.05) is 0 Å². The smallest absolute Gasteiger partial charge is 0.212 e. The van der Waals surface area contributed by atoms with Crippen molar-refractivity contribution in [2.75, 3.05) is 13.7 Å². The molecule has 0 rings (SSSR count). The molecule has 0 saturated heterocycles. The van der Waals surface area contributed by atoms with E-state index < -0.39 is 11.3 Å². The van der Waals surface area contributed by atoms with E-state index in [1.54, 1.807) is 7.11 Å². The second kappa shape index (κ2) is 9.14. The molecule has 25 heavy (non-hydrogen) atoms. The molecule has 0 aliphatic rings. The number of rotatable bonds is 9. The van der Waals surface area contributed by atoms with Crippen molar-refractivity contribution in [3.63, 3.8) is 0 Å². The summed E-state index contributed by atoms with van der Waals surface area (Å²) < 4.78 is 5.50. The minimum atomic E-state index is -0.956. The highest BCUT2D eigenvalue weighted by molar-refractivity contribution is 4.82. The average molecular weight is 359 g/mol. The highest BCUT2D eigenvalue weighted by Crippen LogP contribution is 2.29. The van der Waals surface area contributed by atoms with Crippen molar-refractivity contribution in [3.05, 3.63) is 0 Å². The predicted octanol–water partition coefficient (Wildman–Crippen LogP) is 5.36. The van der Waals surface area contributed by atoms with Crippen LogP contribution in [0.4, 0.5) is 0 Å². The first-order valence-corrected chi connectivity index (χ1v) is 8.80. The van der Waals surface area contributed by atoms with Crippen LogP contribution in [0.15, 0.2) is 20.5 Å². The van der Waals surface area contributed by atoms with E-state index in [0.717, 1.165) is 0 Å². The van der Waals surface area contributed by atoms with Gasteiger partial charge in [0, 0.05) is 13.5 Å². The summed E-state index contributed by atoms with van der Waals surface area (Å²) in [5.41, 5.74) is -1.88. The summed E-state index contributed by atoms with van der Waals surface area (Å²) in [5.74, 6) is 0. The van der Waals surface area contributed by atoms with Crippen LogP contribution in [0.3, 0.4) is 0 Å². The van der Waals surface area contributed by atoms with Gasteiger partial charge in [-0.2, -0.15) is 20.5 Å². The van der Waals surface area contributed by atoms with Gasteiger partial charge in [-0.3, -0.25) is 0 Å². The van der Waals surface area contributed by atoms with Gasteiger partial charge < -0.3 is 4.74 Å². The summed E-state index contributed by atoms with van der Waals surface area (Å²) in [4.78, 5) is 11.2. The Balaban J connectivity index is 4.95. The maximum atomic E-state index is 5.67. The standard InChI is InChI=1S/C18H38N4O3/c1-14(12-19-20-15(2,3)4)24-25-18(10,13-17(8,9)23-11)22-21-16(5,6)7/h14H,12-13H2,1-11H3/b20-19+,22-21+. The van der Waals surface area contributed by atoms with Crippen LogP contribution in [0.25, 0.3) is 0 Å². The average Bonchev–Trinajstić information content (AvgIpc) is 2.41. The van der Waals surface area contributed by atoms with Crippen LogP contribution in [0.1, 0.15) is 75.7 Å². The van der Waals surface area contributed by atoms with E-state index in [0.29, 0.717) is 13.0 Å². The summed E-state index contributed by atoms with van der Waals surface area (Å²) >= 11 is 0. The van der Waals surface area contributed by atoms with Crippen LogP contribution < -0.4 is 0 Å². The minimum absolute atomic E-state index is 0.196. The second-order valence-electron chi connectivity index (χ2n) is 9.27. The Kier molecular flexibility index (Phi) is 8.81. The molecule has 2 atom stereocenters. The fourth-order valence-corrected chi connectivity index (χ4v) is 1.78. The van der Waals surface area contributed by atoms with Gasteiger partial charge in [0.2, 0.25) is 5.72 Å². The van der Waals surface area contributed by atoms with Crippen molar-refractivity contribution >= 4 is 0 Å². The van der Waals surface area contributed by atoms with E-state index >= 15 is 0 Å². The van der Waals surface area contributed by atoms with Gasteiger partial charge in [0.1, 0.15) is 6.10 Å². The molecule has 0 saturated carbocycles. The van der Waals surface area contributed by atoms with E-state index in [-0.39, 0.29) is 17.2 Å². The van der Waals surface area contributed by atoms with Crippen molar-refractivity contribution in [2.45, 2.75) is 104 Å². The Morgan fingerprint density at radius 2 is 1.32 bits per heavy atom. The molecule has 0 spiro atoms. The molecule has 0 aromatic carbocycles. The fourth-order valence-electron chi connectivity index (χ4n) is 1.78. The van der Waals surface area contributed by atoms with E-state index in [9.17, 15) is 0 Å². The largest absolute Gasteiger partial charge is 0.379 e. The summed E-state index contributed by atoms with van der Waals surface area (Å²) in [5, 5.41) is 17.1. The molecule has 0 N–H and O–H groups in total. The fraction of sp³-hybridized carbons (Fsp3) is 1.00. The SMILES string of the molecule is COC(C)(C)CC(C)(/N=N/C(C)(C)C)OOC(C)C/N=N/C(C)(C)C. The zero-order valence-corrected chi connectivity index (χ0v) is 18.0. The normalized spacial score (nSPS) is 18.0. The van der Waals surface area contributed by atoms with E-state index in [1.807, 2.05) is 69.2 Å². The monoisotopic (exact) mass is 358 g/mol. The number of methoxy groups -OCH3 is 1. The van der Waals surface area contributed by atoms with Crippen molar-refractivity contribution in [2.24, 2.45) is 20.5 Å². The Hall–Kier alpha value is -0.920. The molecule has 0 aromatic heterocycles. The lowest BCUT2D eigenvalue weighted by atomic mass is 9.97. The van der Waals surface area contributed by atoms with Crippen LogP contribution in [-0.2, 0) is 14.5 Å². The molecule has 2 unspecified atom stereocenters. The maximum absolute atomic E-state index is 5.67. The van der Waals surface area contributed by atoms with Crippen molar-refractivity contribution in [1.29, 1.82) is 0 Å². The molecular formula is C18H38N4O3. The van der Waals surface area contributed by atoms with E-state index in [2.05, 4.69) is 20.5 Å². The number of azo groups is 2. The Labute approximate surface area is 153 Å². The number of hydrogen-bond acceptors (Lipinski definition) is 7. The number of nitrogens with zero attached hydrogens (tertiary/aromatic N) is 4. The first-order chi connectivity index (χ1) is 11.1. The molecule has 7 nitrogen and oxygen atoms in total. The highest BCUT2D eigenvalue weighted by Gasteiger charge is 2.36. The predicted molar refractivity (Wildman–Crippen MR) is 99.8 cm³/mol. The molecule has 0 aromatic rings. The Bertz CT molecular complexity index is 450. The molecule has 0 radical (unpaired) electrons. The highest BCUT2D eigenvalue weighted by atomic mass is 17.2. The van der Waals surface area contributed by atoms with Crippen molar-refractivity contribution < 1.29 is 14.5 Å². The lowest BCUT2D eigenvalue weighted by molar-refractivity contribution is -0.382. The number of ether oxygens (including phenoxy) is 1. The minimum Gasteiger partial charge on any atom is -0.379 e.